The van der Waals surface area contributed by atoms with E-state index in [2.05, 4.69) is 9.88 Å². The van der Waals surface area contributed by atoms with E-state index in [9.17, 15) is 4.79 Å². The molecule has 0 amide bonds. The second kappa shape index (κ2) is 8.97. The number of H-pyrrole nitrogens is 1. The third-order valence-corrected chi connectivity index (χ3v) is 5.90. The normalized spacial score (nSPS) is 18.6. The quantitative estimate of drug-likeness (QED) is 0.740. The molecule has 1 N–H and O–H groups in total. The van der Waals surface area contributed by atoms with Crippen molar-refractivity contribution in [3.05, 3.63) is 34.1 Å². The first-order valence-corrected chi connectivity index (χ1v) is 10.4. The molecule has 6 nitrogen and oxygen atoms in total. The van der Waals surface area contributed by atoms with Crippen molar-refractivity contribution in [3.8, 4) is 11.5 Å². The number of hydrogen-bond donors (Lipinski definition) is 1. The van der Waals surface area contributed by atoms with Crippen molar-refractivity contribution >= 4 is 10.9 Å². The molecule has 6 heteroatoms. The molecule has 2 aliphatic heterocycles. The first kappa shape index (κ1) is 19.3. The summed E-state index contributed by atoms with van der Waals surface area (Å²) in [5.74, 6) is 1.51. The second-order valence-corrected chi connectivity index (χ2v) is 7.75. The van der Waals surface area contributed by atoms with Crippen LogP contribution in [0, 0.1) is 0 Å². The van der Waals surface area contributed by atoms with Gasteiger partial charge in [0.15, 0.2) is 5.75 Å². The number of ether oxygens (including phenoxy) is 3. The number of benzene rings is 1. The summed E-state index contributed by atoms with van der Waals surface area (Å²) < 4.78 is 16.9. The molecule has 1 aromatic carbocycles. The van der Waals surface area contributed by atoms with Crippen LogP contribution < -0.4 is 15.0 Å². The maximum absolute atomic E-state index is 12.6. The molecule has 1 aromatic heterocycles. The minimum Gasteiger partial charge on any atom is -0.493 e. The van der Waals surface area contributed by atoms with Gasteiger partial charge in [0.1, 0.15) is 5.75 Å². The fraction of sp³-hybridized carbons (Fsp3) is 0.591. The Morgan fingerprint density at radius 2 is 2.00 bits per heavy atom. The summed E-state index contributed by atoms with van der Waals surface area (Å²) in [6.07, 6.45) is 5.47. The highest BCUT2D eigenvalue weighted by Crippen LogP contribution is 2.37. The number of nitrogens with one attached hydrogen (secondary N) is 1. The monoisotopic (exact) mass is 386 g/mol. The van der Waals surface area contributed by atoms with Crippen molar-refractivity contribution in [2.24, 2.45) is 0 Å². The predicted octanol–water partition coefficient (Wildman–Crippen LogP) is 3.30. The molecule has 2 fully saturated rings. The van der Waals surface area contributed by atoms with Gasteiger partial charge in [-0.3, -0.25) is 4.79 Å². The summed E-state index contributed by atoms with van der Waals surface area (Å²) in [7, 11) is 1.57. The van der Waals surface area contributed by atoms with Gasteiger partial charge < -0.3 is 24.1 Å². The fourth-order valence-corrected chi connectivity index (χ4v) is 4.45. The number of hydrogen-bond acceptors (Lipinski definition) is 5. The highest BCUT2D eigenvalue weighted by Gasteiger charge is 2.24. The number of fused-ring (bicyclic) bond motifs is 1. The maximum Gasteiger partial charge on any atom is 0.291 e. The van der Waals surface area contributed by atoms with Crippen molar-refractivity contribution in [3.63, 3.8) is 0 Å². The van der Waals surface area contributed by atoms with Crippen molar-refractivity contribution in [2.45, 2.75) is 38.0 Å². The van der Waals surface area contributed by atoms with E-state index in [1.54, 1.807) is 7.11 Å². The van der Waals surface area contributed by atoms with Gasteiger partial charge in [0, 0.05) is 36.8 Å². The summed E-state index contributed by atoms with van der Waals surface area (Å²) in [5.41, 5.74) is 1.64. The lowest BCUT2D eigenvalue weighted by molar-refractivity contribution is 0.0850. The average molecular weight is 386 g/mol. The van der Waals surface area contributed by atoms with Crippen LogP contribution in [0.2, 0.25) is 0 Å². The molecule has 3 heterocycles. The van der Waals surface area contributed by atoms with Gasteiger partial charge >= 0.3 is 0 Å². The third-order valence-electron chi connectivity index (χ3n) is 5.90. The van der Waals surface area contributed by atoms with Gasteiger partial charge in [0.25, 0.3) is 5.56 Å². The van der Waals surface area contributed by atoms with Gasteiger partial charge in [0.05, 0.1) is 19.2 Å². The van der Waals surface area contributed by atoms with Crippen LogP contribution in [0.3, 0.4) is 0 Å². The Kier molecular flexibility index (Phi) is 6.17. The van der Waals surface area contributed by atoms with E-state index in [0.717, 1.165) is 61.2 Å². The average Bonchev–Trinajstić information content (AvgIpc) is 3.24. The van der Waals surface area contributed by atoms with Crippen molar-refractivity contribution in [1.82, 2.24) is 9.88 Å². The number of likely N-dealkylation sites (tertiary alicyclic amines) is 1. The molecule has 4 rings (SSSR count). The molecule has 0 saturated carbocycles. The lowest BCUT2D eigenvalue weighted by atomic mass is 9.88. The van der Waals surface area contributed by atoms with Gasteiger partial charge in [0.2, 0.25) is 0 Å². The molecule has 0 aliphatic carbocycles. The number of methoxy groups -OCH3 is 1. The molecule has 0 bridgehead atoms. The molecule has 28 heavy (non-hydrogen) atoms. The fourth-order valence-electron chi connectivity index (χ4n) is 4.45. The molecular weight excluding hydrogens is 356 g/mol. The van der Waals surface area contributed by atoms with Crippen LogP contribution in [0.25, 0.3) is 10.9 Å². The third kappa shape index (κ3) is 4.18. The van der Waals surface area contributed by atoms with E-state index in [4.69, 9.17) is 14.2 Å². The van der Waals surface area contributed by atoms with E-state index in [1.165, 1.54) is 25.9 Å². The zero-order valence-electron chi connectivity index (χ0n) is 16.7. The summed E-state index contributed by atoms with van der Waals surface area (Å²) in [4.78, 5) is 18.0. The predicted molar refractivity (Wildman–Crippen MR) is 110 cm³/mol. The van der Waals surface area contributed by atoms with E-state index in [-0.39, 0.29) is 11.5 Å². The van der Waals surface area contributed by atoms with Gasteiger partial charge in [-0.05, 0) is 63.2 Å². The van der Waals surface area contributed by atoms with E-state index in [0.29, 0.717) is 12.4 Å². The Bertz CT molecular complexity index is 851. The Balaban J connectivity index is 1.52. The molecule has 2 aliphatic rings. The number of nitrogens with zero attached hydrogens (tertiary/aromatic N) is 1. The highest BCUT2D eigenvalue weighted by atomic mass is 16.5. The van der Waals surface area contributed by atoms with Crippen molar-refractivity contribution < 1.29 is 14.2 Å². The molecule has 0 atom stereocenters. The Hall–Kier alpha value is -2.05. The number of aromatic nitrogens is 1. The van der Waals surface area contributed by atoms with Crippen LogP contribution in [-0.2, 0) is 4.74 Å². The lowest BCUT2D eigenvalue weighted by Gasteiger charge is -2.25. The molecule has 2 aromatic rings. The number of aromatic amines is 1. The van der Waals surface area contributed by atoms with Crippen LogP contribution in [0.1, 0.15) is 43.6 Å². The number of rotatable bonds is 7. The first-order valence-electron chi connectivity index (χ1n) is 10.4. The van der Waals surface area contributed by atoms with Crippen LogP contribution >= 0.6 is 0 Å². The number of pyridine rings is 1. The summed E-state index contributed by atoms with van der Waals surface area (Å²) >= 11 is 0. The van der Waals surface area contributed by atoms with Crippen LogP contribution in [0.4, 0.5) is 0 Å². The lowest BCUT2D eigenvalue weighted by Crippen LogP contribution is -2.22. The van der Waals surface area contributed by atoms with Crippen LogP contribution in [-0.4, -0.2) is 56.4 Å². The standard InChI is InChI=1S/C22H30N2O4/c1-26-21-20(16-7-13-27-14-8-16)18-6-5-17(15-19(18)23-22(21)25)28-12-4-11-24-9-2-3-10-24/h5-6,15-16H,2-4,7-14H2,1H3,(H,23,25). The van der Waals surface area contributed by atoms with E-state index < -0.39 is 0 Å². The highest BCUT2D eigenvalue weighted by molar-refractivity contribution is 5.86. The molecular formula is C22H30N2O4. The van der Waals surface area contributed by atoms with Gasteiger partial charge in [-0.25, -0.2) is 0 Å². The van der Waals surface area contributed by atoms with Gasteiger partial charge in [-0.15, -0.1) is 0 Å². The van der Waals surface area contributed by atoms with Gasteiger partial charge in [-0.2, -0.15) is 0 Å². The SMILES string of the molecule is COc1c(C2CCOCC2)c2ccc(OCCCN3CCCC3)cc2[nH]c1=O. The first-order chi connectivity index (χ1) is 13.8. The van der Waals surface area contributed by atoms with Crippen molar-refractivity contribution in [2.75, 3.05) is 46.6 Å². The van der Waals surface area contributed by atoms with E-state index in [1.807, 2.05) is 18.2 Å². The smallest absolute Gasteiger partial charge is 0.291 e. The minimum absolute atomic E-state index is 0.178. The largest absolute Gasteiger partial charge is 0.493 e. The molecule has 0 spiro atoms. The Labute approximate surface area is 165 Å². The van der Waals surface area contributed by atoms with Gasteiger partial charge in [-0.1, -0.05) is 0 Å². The molecule has 0 radical (unpaired) electrons. The summed E-state index contributed by atoms with van der Waals surface area (Å²) in [6, 6.07) is 5.99. The molecule has 0 unspecified atom stereocenters. The van der Waals surface area contributed by atoms with E-state index >= 15 is 0 Å². The molecule has 152 valence electrons. The Morgan fingerprint density at radius 3 is 2.75 bits per heavy atom. The zero-order valence-corrected chi connectivity index (χ0v) is 16.7. The van der Waals surface area contributed by atoms with Crippen LogP contribution in [0.5, 0.6) is 11.5 Å². The summed E-state index contributed by atoms with van der Waals surface area (Å²) in [6.45, 7) is 5.66. The maximum atomic E-state index is 12.6. The van der Waals surface area contributed by atoms with Crippen molar-refractivity contribution in [1.29, 1.82) is 0 Å². The molecule has 2 saturated heterocycles. The minimum atomic E-state index is -0.178. The summed E-state index contributed by atoms with van der Waals surface area (Å²) in [5, 5.41) is 1.03. The van der Waals surface area contributed by atoms with Crippen LogP contribution in [0.15, 0.2) is 23.0 Å². The Morgan fingerprint density at radius 1 is 1.21 bits per heavy atom. The second-order valence-electron chi connectivity index (χ2n) is 7.75. The topological polar surface area (TPSA) is 63.8 Å². The zero-order chi connectivity index (χ0) is 19.3.